The van der Waals surface area contributed by atoms with E-state index in [-0.39, 0.29) is 12.7 Å². The van der Waals surface area contributed by atoms with Crippen molar-refractivity contribution in [3.05, 3.63) is 23.8 Å². The molecule has 1 heterocycles. The van der Waals surface area contributed by atoms with Gasteiger partial charge in [0.25, 0.3) is 0 Å². The molecule has 5 nitrogen and oxygen atoms in total. The average molecular weight is 322 g/mol. The highest BCUT2D eigenvalue weighted by molar-refractivity contribution is 5.43. The molecular formula is C18H30N2O3. The lowest BCUT2D eigenvalue weighted by molar-refractivity contribution is 0.167. The van der Waals surface area contributed by atoms with Gasteiger partial charge < -0.3 is 19.5 Å². The zero-order valence-corrected chi connectivity index (χ0v) is 15.0. The van der Waals surface area contributed by atoms with E-state index < -0.39 is 0 Å². The summed E-state index contributed by atoms with van der Waals surface area (Å²) in [6.07, 6.45) is 0.125. The largest absolute Gasteiger partial charge is 0.493 e. The summed E-state index contributed by atoms with van der Waals surface area (Å²) in [5.74, 6) is 1.88. The van der Waals surface area contributed by atoms with Crippen LogP contribution in [0.25, 0.3) is 0 Å². The molecule has 0 aromatic heterocycles. The molecule has 0 saturated carbocycles. The molecule has 23 heavy (non-hydrogen) atoms. The van der Waals surface area contributed by atoms with E-state index in [4.69, 9.17) is 9.47 Å². The van der Waals surface area contributed by atoms with Crippen molar-refractivity contribution in [3.8, 4) is 11.5 Å². The molecule has 0 aliphatic carbocycles. The molecule has 1 saturated heterocycles. The first-order valence-electron chi connectivity index (χ1n) is 8.27. The highest BCUT2D eigenvalue weighted by atomic mass is 16.5. The van der Waals surface area contributed by atoms with Crippen LogP contribution in [0, 0.1) is 5.92 Å². The maximum Gasteiger partial charge on any atom is 0.161 e. The lowest BCUT2D eigenvalue weighted by Gasteiger charge is -2.23. The molecule has 0 radical (unpaired) electrons. The van der Waals surface area contributed by atoms with Gasteiger partial charge in [0, 0.05) is 38.2 Å². The summed E-state index contributed by atoms with van der Waals surface area (Å²) in [5, 5.41) is 9.58. The second kappa shape index (κ2) is 7.99. The van der Waals surface area contributed by atoms with Crippen LogP contribution in [0.1, 0.15) is 19.4 Å². The summed E-state index contributed by atoms with van der Waals surface area (Å²) in [7, 11) is 5.84. The summed E-state index contributed by atoms with van der Waals surface area (Å²) in [6.45, 7) is 7.02. The number of aliphatic hydroxyl groups is 1. The monoisotopic (exact) mass is 322 g/mol. The van der Waals surface area contributed by atoms with Gasteiger partial charge in [-0.05, 0) is 45.6 Å². The van der Waals surface area contributed by atoms with Gasteiger partial charge in [0.05, 0.1) is 13.2 Å². The van der Waals surface area contributed by atoms with Crippen molar-refractivity contribution in [2.24, 2.45) is 5.92 Å². The van der Waals surface area contributed by atoms with E-state index in [9.17, 15) is 5.11 Å². The maximum atomic E-state index is 9.58. The van der Waals surface area contributed by atoms with Gasteiger partial charge in [-0.25, -0.2) is 0 Å². The van der Waals surface area contributed by atoms with Gasteiger partial charge in [0.1, 0.15) is 0 Å². The van der Waals surface area contributed by atoms with Crippen molar-refractivity contribution in [3.63, 3.8) is 0 Å². The molecule has 1 aliphatic heterocycles. The van der Waals surface area contributed by atoms with Crippen LogP contribution in [0.2, 0.25) is 0 Å². The number of methoxy groups -OCH3 is 1. The van der Waals surface area contributed by atoms with Crippen LogP contribution in [0.15, 0.2) is 18.2 Å². The van der Waals surface area contributed by atoms with Crippen molar-refractivity contribution < 1.29 is 14.6 Å². The SMILES string of the molecule is COc1cc(CN2C[C@@H](CO)[C@H](N(C)C)C2)ccc1OC(C)C. The Balaban J connectivity index is 2.06. The quantitative estimate of drug-likeness (QED) is 0.830. The molecule has 1 aromatic rings. The first-order chi connectivity index (χ1) is 10.9. The minimum absolute atomic E-state index is 0.125. The lowest BCUT2D eigenvalue weighted by atomic mass is 10.0. The highest BCUT2D eigenvalue weighted by Crippen LogP contribution is 2.30. The Hall–Kier alpha value is -1.30. The number of nitrogens with zero attached hydrogens (tertiary/aromatic N) is 2. The fraction of sp³-hybridized carbons (Fsp3) is 0.667. The third-order valence-corrected chi connectivity index (χ3v) is 4.38. The molecule has 1 fully saturated rings. The van der Waals surface area contributed by atoms with Crippen molar-refractivity contribution in [1.82, 2.24) is 9.80 Å². The molecule has 0 bridgehead atoms. The molecule has 130 valence electrons. The maximum absolute atomic E-state index is 9.58. The summed E-state index contributed by atoms with van der Waals surface area (Å²) < 4.78 is 11.2. The van der Waals surface area contributed by atoms with Gasteiger partial charge in [-0.1, -0.05) is 6.07 Å². The van der Waals surface area contributed by atoms with E-state index in [1.54, 1.807) is 7.11 Å². The minimum Gasteiger partial charge on any atom is -0.493 e. The van der Waals surface area contributed by atoms with Crippen molar-refractivity contribution in [2.45, 2.75) is 32.5 Å². The zero-order chi connectivity index (χ0) is 17.0. The Morgan fingerprint density at radius 2 is 2.00 bits per heavy atom. The van der Waals surface area contributed by atoms with Crippen molar-refractivity contribution in [1.29, 1.82) is 0 Å². The number of likely N-dealkylation sites (tertiary alicyclic amines) is 1. The van der Waals surface area contributed by atoms with E-state index in [1.807, 2.05) is 19.9 Å². The van der Waals surface area contributed by atoms with Crippen LogP contribution in [-0.2, 0) is 6.54 Å². The molecule has 0 amide bonds. The number of aliphatic hydroxyl groups excluding tert-OH is 1. The summed E-state index contributed by atoms with van der Waals surface area (Å²) in [4.78, 5) is 4.60. The smallest absolute Gasteiger partial charge is 0.161 e. The van der Waals surface area contributed by atoms with Crippen LogP contribution in [0.3, 0.4) is 0 Å². The topological polar surface area (TPSA) is 45.2 Å². The average Bonchev–Trinajstić information content (AvgIpc) is 2.91. The lowest BCUT2D eigenvalue weighted by Crippen LogP contribution is -2.36. The highest BCUT2D eigenvalue weighted by Gasteiger charge is 2.33. The van der Waals surface area contributed by atoms with Gasteiger partial charge in [-0.2, -0.15) is 0 Å². The van der Waals surface area contributed by atoms with Gasteiger partial charge in [-0.15, -0.1) is 0 Å². The van der Waals surface area contributed by atoms with Gasteiger partial charge >= 0.3 is 0 Å². The van der Waals surface area contributed by atoms with Crippen LogP contribution >= 0.6 is 0 Å². The van der Waals surface area contributed by atoms with Crippen LogP contribution in [0.5, 0.6) is 11.5 Å². The molecule has 2 atom stereocenters. The first-order valence-corrected chi connectivity index (χ1v) is 8.27. The summed E-state index contributed by atoms with van der Waals surface area (Å²) >= 11 is 0. The predicted octanol–water partition coefficient (Wildman–Crippen LogP) is 1.84. The standard InChI is InChI=1S/C18H30N2O3/c1-13(2)23-17-7-6-14(8-18(17)22-5)9-20-10-15(12-21)16(11-20)19(3)4/h6-8,13,15-16,21H,9-12H2,1-5H3/t15-,16+/m0/s1. The van der Waals surface area contributed by atoms with Crippen molar-refractivity contribution in [2.75, 3.05) is 40.9 Å². The Morgan fingerprint density at radius 3 is 2.52 bits per heavy atom. The Labute approximate surface area is 139 Å². The fourth-order valence-corrected chi connectivity index (χ4v) is 3.25. The second-order valence-corrected chi connectivity index (χ2v) is 6.82. The molecule has 1 aromatic carbocycles. The van der Waals surface area contributed by atoms with E-state index >= 15 is 0 Å². The molecular weight excluding hydrogens is 292 g/mol. The van der Waals surface area contributed by atoms with Crippen LogP contribution in [0.4, 0.5) is 0 Å². The summed E-state index contributed by atoms with van der Waals surface area (Å²) in [5.41, 5.74) is 1.20. The number of hydrogen-bond acceptors (Lipinski definition) is 5. The van der Waals surface area contributed by atoms with Gasteiger partial charge in [0.15, 0.2) is 11.5 Å². The number of likely N-dealkylation sites (N-methyl/N-ethyl adjacent to an activating group) is 1. The van der Waals surface area contributed by atoms with Crippen LogP contribution < -0.4 is 9.47 Å². The Bertz CT molecular complexity index is 505. The third-order valence-electron chi connectivity index (χ3n) is 4.38. The predicted molar refractivity (Wildman–Crippen MR) is 92.1 cm³/mol. The number of ether oxygens (including phenoxy) is 2. The second-order valence-electron chi connectivity index (χ2n) is 6.82. The zero-order valence-electron chi connectivity index (χ0n) is 15.0. The molecule has 2 rings (SSSR count). The fourth-order valence-electron chi connectivity index (χ4n) is 3.25. The van der Waals surface area contributed by atoms with Gasteiger partial charge in [0.2, 0.25) is 0 Å². The number of benzene rings is 1. The van der Waals surface area contributed by atoms with E-state index in [0.717, 1.165) is 31.1 Å². The van der Waals surface area contributed by atoms with E-state index in [0.29, 0.717) is 12.0 Å². The van der Waals surface area contributed by atoms with Crippen molar-refractivity contribution >= 4 is 0 Å². The van der Waals surface area contributed by atoms with E-state index in [1.165, 1.54) is 5.56 Å². The molecule has 0 unspecified atom stereocenters. The molecule has 5 heteroatoms. The third kappa shape index (κ3) is 4.59. The summed E-state index contributed by atoms with van der Waals surface area (Å²) in [6, 6.07) is 6.54. The molecule has 1 N–H and O–H groups in total. The van der Waals surface area contributed by atoms with Gasteiger partial charge in [-0.3, -0.25) is 4.90 Å². The number of rotatable bonds is 7. The molecule has 1 aliphatic rings. The normalized spacial score (nSPS) is 22.1. The first kappa shape index (κ1) is 18.0. The Kier molecular flexibility index (Phi) is 6.27. The molecule has 0 spiro atoms. The van der Waals surface area contributed by atoms with E-state index in [2.05, 4.69) is 36.0 Å². The van der Waals surface area contributed by atoms with Crippen LogP contribution in [-0.4, -0.2) is 68.0 Å². The minimum atomic E-state index is 0.125. The Morgan fingerprint density at radius 1 is 1.26 bits per heavy atom. The number of hydrogen-bond donors (Lipinski definition) is 1.